The van der Waals surface area contributed by atoms with Crippen LogP contribution in [0.1, 0.15) is 31.6 Å². The van der Waals surface area contributed by atoms with E-state index < -0.39 is 0 Å². The average molecular weight is 247 g/mol. The Morgan fingerprint density at radius 1 is 1.56 bits per heavy atom. The first-order valence-electron chi connectivity index (χ1n) is 6.19. The molecule has 0 saturated heterocycles. The second-order valence-corrected chi connectivity index (χ2v) is 4.40. The summed E-state index contributed by atoms with van der Waals surface area (Å²) >= 11 is 0. The Morgan fingerprint density at radius 3 is 3.00 bits per heavy atom. The molecule has 96 valence electrons. The molecule has 0 bridgehead atoms. The van der Waals surface area contributed by atoms with E-state index in [0.717, 1.165) is 24.2 Å². The molecule has 1 aromatic carbocycles. The molecule has 0 amide bonds. The fraction of sp³-hybridized carbons (Fsp3) is 0.357. The van der Waals surface area contributed by atoms with Gasteiger partial charge in [-0.15, -0.1) is 6.58 Å². The normalized spacial score (nSPS) is 12.8. The van der Waals surface area contributed by atoms with Crippen LogP contribution in [0, 0.1) is 5.82 Å². The first-order valence-corrected chi connectivity index (χ1v) is 6.19. The van der Waals surface area contributed by atoms with E-state index in [9.17, 15) is 4.39 Å². The van der Waals surface area contributed by atoms with E-state index in [1.807, 2.05) is 4.57 Å². The fourth-order valence-electron chi connectivity index (χ4n) is 2.17. The van der Waals surface area contributed by atoms with Crippen LogP contribution in [0.3, 0.4) is 0 Å². The number of fused-ring (bicyclic) bond motifs is 1. The Kier molecular flexibility index (Phi) is 3.77. The number of benzene rings is 1. The molecule has 0 fully saturated rings. The number of hydrogen-bond donors (Lipinski definition) is 1. The number of halogens is 1. The van der Waals surface area contributed by atoms with Crippen LogP contribution in [0.5, 0.6) is 0 Å². The smallest absolute Gasteiger partial charge is 0.127 e. The minimum Gasteiger partial charge on any atom is -0.323 e. The summed E-state index contributed by atoms with van der Waals surface area (Å²) in [6.07, 6.45) is 3.66. The molecule has 0 spiro atoms. The van der Waals surface area contributed by atoms with Crippen LogP contribution in [-0.2, 0) is 6.54 Å². The zero-order valence-corrected chi connectivity index (χ0v) is 10.6. The van der Waals surface area contributed by atoms with Crippen LogP contribution in [0.4, 0.5) is 4.39 Å². The van der Waals surface area contributed by atoms with E-state index in [0.29, 0.717) is 12.1 Å². The Bertz CT molecular complexity index is 559. The summed E-state index contributed by atoms with van der Waals surface area (Å²) in [5.41, 5.74) is 7.68. The minimum atomic E-state index is -0.277. The van der Waals surface area contributed by atoms with Crippen LogP contribution < -0.4 is 5.73 Å². The molecule has 2 aromatic rings. The maximum Gasteiger partial charge on any atom is 0.127 e. The van der Waals surface area contributed by atoms with Gasteiger partial charge < -0.3 is 10.3 Å². The first-order chi connectivity index (χ1) is 8.67. The number of allylic oxidation sites excluding steroid dienone is 1. The molecule has 0 aliphatic heterocycles. The number of aromatic nitrogens is 2. The molecule has 1 heterocycles. The molecule has 0 aliphatic rings. The van der Waals surface area contributed by atoms with Gasteiger partial charge in [-0.1, -0.05) is 19.4 Å². The van der Waals surface area contributed by atoms with Crippen LogP contribution in [0.25, 0.3) is 11.0 Å². The van der Waals surface area contributed by atoms with Crippen molar-refractivity contribution in [1.82, 2.24) is 9.55 Å². The van der Waals surface area contributed by atoms with Crippen LogP contribution in [-0.4, -0.2) is 9.55 Å². The van der Waals surface area contributed by atoms with E-state index in [1.54, 1.807) is 12.1 Å². The zero-order valence-electron chi connectivity index (χ0n) is 10.6. The van der Waals surface area contributed by atoms with Gasteiger partial charge in [-0.3, -0.25) is 0 Å². The van der Waals surface area contributed by atoms with E-state index in [-0.39, 0.29) is 11.9 Å². The predicted molar refractivity (Wildman–Crippen MR) is 71.7 cm³/mol. The first kappa shape index (κ1) is 12.8. The van der Waals surface area contributed by atoms with Gasteiger partial charge in [-0.2, -0.15) is 0 Å². The van der Waals surface area contributed by atoms with Gasteiger partial charge in [0.2, 0.25) is 0 Å². The monoisotopic (exact) mass is 247 g/mol. The Morgan fingerprint density at radius 2 is 2.33 bits per heavy atom. The Labute approximate surface area is 106 Å². The van der Waals surface area contributed by atoms with Gasteiger partial charge in [0.15, 0.2) is 0 Å². The number of nitrogens with zero attached hydrogens (tertiary/aromatic N) is 2. The summed E-state index contributed by atoms with van der Waals surface area (Å²) in [5.74, 6) is 0.527. The van der Waals surface area contributed by atoms with E-state index in [4.69, 9.17) is 5.73 Å². The molecule has 0 saturated carbocycles. The second-order valence-electron chi connectivity index (χ2n) is 4.40. The highest BCUT2D eigenvalue weighted by Crippen LogP contribution is 2.23. The fourth-order valence-corrected chi connectivity index (χ4v) is 2.17. The van der Waals surface area contributed by atoms with Gasteiger partial charge in [0.05, 0.1) is 17.1 Å². The lowest BCUT2D eigenvalue weighted by atomic mass is 10.2. The number of imidazole rings is 1. The van der Waals surface area contributed by atoms with Crippen LogP contribution in [0.2, 0.25) is 0 Å². The summed E-state index contributed by atoms with van der Waals surface area (Å²) in [6.45, 7) is 6.46. The summed E-state index contributed by atoms with van der Waals surface area (Å²) in [5, 5.41) is 0. The van der Waals surface area contributed by atoms with Crippen molar-refractivity contribution in [2.75, 3.05) is 0 Å². The number of hydrogen-bond acceptors (Lipinski definition) is 2. The second kappa shape index (κ2) is 5.31. The topological polar surface area (TPSA) is 43.8 Å². The van der Waals surface area contributed by atoms with Crippen molar-refractivity contribution in [3.8, 4) is 0 Å². The average Bonchev–Trinajstić information content (AvgIpc) is 2.68. The third kappa shape index (κ3) is 2.29. The summed E-state index contributed by atoms with van der Waals surface area (Å²) in [7, 11) is 0. The van der Waals surface area contributed by atoms with Gasteiger partial charge in [-0.05, 0) is 18.6 Å². The number of rotatable bonds is 5. The van der Waals surface area contributed by atoms with Crippen molar-refractivity contribution in [2.24, 2.45) is 5.73 Å². The zero-order chi connectivity index (χ0) is 13.1. The van der Waals surface area contributed by atoms with Gasteiger partial charge in [0.1, 0.15) is 11.6 Å². The summed E-state index contributed by atoms with van der Waals surface area (Å²) < 4.78 is 15.2. The number of nitrogens with two attached hydrogens (primary N) is 1. The molecule has 2 rings (SSSR count). The molecule has 4 heteroatoms. The molecular weight excluding hydrogens is 229 g/mol. The van der Waals surface area contributed by atoms with Gasteiger partial charge in [0, 0.05) is 12.6 Å². The maximum absolute atomic E-state index is 13.2. The van der Waals surface area contributed by atoms with E-state index in [1.165, 1.54) is 12.1 Å². The molecular formula is C14H18FN3. The molecule has 1 unspecified atom stereocenters. The predicted octanol–water partition coefficient (Wildman–Crippen LogP) is 3.16. The van der Waals surface area contributed by atoms with Crippen molar-refractivity contribution in [3.05, 3.63) is 42.5 Å². The Hall–Kier alpha value is -1.68. The lowest BCUT2D eigenvalue weighted by Crippen LogP contribution is -2.16. The van der Waals surface area contributed by atoms with E-state index >= 15 is 0 Å². The van der Waals surface area contributed by atoms with Gasteiger partial charge >= 0.3 is 0 Å². The minimum absolute atomic E-state index is 0.120. The van der Waals surface area contributed by atoms with Crippen LogP contribution >= 0.6 is 0 Å². The van der Waals surface area contributed by atoms with Crippen molar-refractivity contribution < 1.29 is 4.39 Å². The van der Waals surface area contributed by atoms with Crippen molar-refractivity contribution >= 4 is 11.0 Å². The SMILES string of the molecule is C=CCn1c(C(N)CCC)nc2cc(F)ccc21. The van der Waals surface area contributed by atoms with Gasteiger partial charge in [0.25, 0.3) is 0 Å². The lowest BCUT2D eigenvalue weighted by Gasteiger charge is -2.12. The highest BCUT2D eigenvalue weighted by atomic mass is 19.1. The molecule has 1 aromatic heterocycles. The van der Waals surface area contributed by atoms with Crippen LogP contribution in [0.15, 0.2) is 30.9 Å². The molecule has 2 N–H and O–H groups in total. The maximum atomic E-state index is 13.2. The molecule has 3 nitrogen and oxygen atoms in total. The van der Waals surface area contributed by atoms with Gasteiger partial charge in [-0.25, -0.2) is 9.37 Å². The van der Waals surface area contributed by atoms with Crippen molar-refractivity contribution in [1.29, 1.82) is 0 Å². The molecule has 0 aliphatic carbocycles. The molecule has 0 radical (unpaired) electrons. The third-order valence-electron chi connectivity index (χ3n) is 2.98. The highest BCUT2D eigenvalue weighted by Gasteiger charge is 2.16. The molecule has 1 atom stereocenters. The molecule has 18 heavy (non-hydrogen) atoms. The van der Waals surface area contributed by atoms with Crippen molar-refractivity contribution in [2.45, 2.75) is 32.4 Å². The summed E-state index contributed by atoms with van der Waals surface area (Å²) in [4.78, 5) is 4.46. The van der Waals surface area contributed by atoms with E-state index in [2.05, 4.69) is 18.5 Å². The largest absolute Gasteiger partial charge is 0.323 e. The standard InChI is InChI=1S/C14H18FN3/c1-3-5-11(16)14-17-12-9-10(15)6-7-13(12)18(14)8-4-2/h4,6-7,9,11H,2-3,5,8,16H2,1H3. The lowest BCUT2D eigenvalue weighted by molar-refractivity contribution is 0.574. The summed E-state index contributed by atoms with van der Waals surface area (Å²) in [6, 6.07) is 4.50. The third-order valence-corrected chi connectivity index (χ3v) is 2.98. The Balaban J connectivity index is 2.56. The van der Waals surface area contributed by atoms with Crippen molar-refractivity contribution in [3.63, 3.8) is 0 Å². The quantitative estimate of drug-likeness (QED) is 0.825. The highest BCUT2D eigenvalue weighted by molar-refractivity contribution is 5.76.